The second-order valence-corrected chi connectivity index (χ2v) is 28.8. The quantitative estimate of drug-likeness (QED) is 0.00845. The Kier molecular flexibility index (Phi) is 39.2. The number of nitrogens with one attached hydrogen (secondary N) is 7. The zero-order chi connectivity index (χ0) is 81.0. The highest BCUT2D eigenvalue weighted by Crippen LogP contribution is 2.58. The van der Waals surface area contributed by atoms with E-state index < -0.39 is 155 Å². The first kappa shape index (κ1) is 92.1. The van der Waals surface area contributed by atoms with Gasteiger partial charge in [0.05, 0.1) is 12.5 Å². The van der Waals surface area contributed by atoms with Crippen LogP contribution in [0, 0.1) is 5.92 Å². The number of unbranched alkanes of at least 4 members (excludes halogenated alkanes) is 13. The smallest absolute Gasteiger partial charge is 0.341 e. The number of allylic oxidation sites excluding steroid dienone is 1. The van der Waals surface area contributed by atoms with Crippen molar-refractivity contribution >= 4 is 83.1 Å². The number of nitrogens with zero attached hydrogens (tertiary/aromatic N) is 2. The summed E-state index contributed by atoms with van der Waals surface area (Å²) in [5, 5.41) is 43.6. The first-order valence-electron chi connectivity index (χ1n) is 38.3. The monoisotopic (exact) mass is 1530 g/mol. The van der Waals surface area contributed by atoms with Crippen molar-refractivity contribution in [2.24, 2.45) is 44.6 Å². The Morgan fingerprint density at radius 3 is 1.70 bits per heavy atom. The zero-order valence-corrected chi connectivity index (χ0v) is 65.1. The number of hydrogen-bond donors (Lipinski definition) is 14. The van der Waals surface area contributed by atoms with Gasteiger partial charge in [-0.3, -0.25) is 57.9 Å². The number of benzene rings is 1. The van der Waals surface area contributed by atoms with Crippen LogP contribution in [0.15, 0.2) is 63.1 Å². The number of guanidine groups is 2. The highest BCUT2D eigenvalue weighted by atomic mass is 16.6. The summed E-state index contributed by atoms with van der Waals surface area (Å²) in [5.41, 5.74) is 22.0. The summed E-state index contributed by atoms with van der Waals surface area (Å²) in [5.74, 6) is -10.3. The van der Waals surface area contributed by atoms with Crippen LogP contribution in [0.5, 0.6) is 0 Å². The molecule has 610 valence electrons. The highest BCUT2D eigenvalue weighted by molar-refractivity contribution is 5.97. The van der Waals surface area contributed by atoms with E-state index in [4.69, 9.17) is 52.4 Å². The number of amides is 7. The van der Waals surface area contributed by atoms with Gasteiger partial charge in [-0.2, -0.15) is 0 Å². The number of esters is 5. The van der Waals surface area contributed by atoms with E-state index in [9.17, 15) is 67.7 Å². The van der Waals surface area contributed by atoms with E-state index >= 15 is 0 Å². The van der Waals surface area contributed by atoms with E-state index in [0.717, 1.165) is 78.1 Å². The minimum Gasteiger partial charge on any atom is -0.459 e. The molecule has 33 heteroatoms. The Hall–Kier alpha value is -9.24. The van der Waals surface area contributed by atoms with Crippen LogP contribution in [0.4, 0.5) is 0 Å². The van der Waals surface area contributed by atoms with Gasteiger partial charge < -0.3 is 99.8 Å². The molecule has 1 saturated carbocycles. The van der Waals surface area contributed by atoms with Crippen molar-refractivity contribution in [3.63, 3.8) is 0 Å². The summed E-state index contributed by atoms with van der Waals surface area (Å²) in [6, 6.07) is 2.66. The van der Waals surface area contributed by atoms with Crippen molar-refractivity contribution < 1.29 is 91.4 Å². The van der Waals surface area contributed by atoms with Crippen molar-refractivity contribution in [3.05, 3.63) is 58.7 Å². The zero-order valence-electron chi connectivity index (χ0n) is 65.1. The van der Waals surface area contributed by atoms with Gasteiger partial charge in [-0.25, -0.2) is 9.59 Å². The molecule has 0 bridgehead atoms. The molecule has 33 nitrogen and oxygen atoms in total. The number of carbonyl (C=O) groups excluding carboxylic acids is 12. The average Bonchev–Trinajstić information content (AvgIpc) is 1.52. The molecule has 3 aliphatic rings. The molecular weight excluding hydrogens is 1410 g/mol. The van der Waals surface area contributed by atoms with E-state index in [1.807, 2.05) is 0 Å². The fraction of sp³-hybridized carbons (Fsp3) is 0.684. The predicted octanol–water partition coefficient (Wildman–Crippen LogP) is 2.20. The highest BCUT2D eigenvalue weighted by Gasteiger charge is 2.76. The fourth-order valence-corrected chi connectivity index (χ4v) is 13.7. The van der Waals surface area contributed by atoms with Crippen LogP contribution in [0.3, 0.4) is 0 Å². The lowest BCUT2D eigenvalue weighted by atomic mass is 9.75. The summed E-state index contributed by atoms with van der Waals surface area (Å²) < 4.78 is 30.2. The number of hydrogen-bond acceptors (Lipinski definition) is 22. The summed E-state index contributed by atoms with van der Waals surface area (Å²) in [6.45, 7) is 13.6. The topological polar surface area (TPSA) is 530 Å². The predicted molar refractivity (Wildman–Crippen MR) is 405 cm³/mol. The van der Waals surface area contributed by atoms with Crippen molar-refractivity contribution in [2.45, 2.75) is 294 Å². The molecule has 19 N–H and O–H groups in total. The minimum absolute atomic E-state index is 0.0145. The first-order chi connectivity index (χ1) is 51.6. The van der Waals surface area contributed by atoms with Crippen molar-refractivity contribution in [2.75, 3.05) is 32.7 Å². The number of aliphatic hydroxyl groups is 2. The summed E-state index contributed by atoms with van der Waals surface area (Å²) in [4.78, 5) is 170. The van der Waals surface area contributed by atoms with E-state index in [2.05, 4.69) is 54.1 Å². The number of fused-ring (bicyclic) bond motifs is 3. The van der Waals surface area contributed by atoms with Crippen LogP contribution in [-0.4, -0.2) is 197 Å². The van der Waals surface area contributed by atoms with Gasteiger partial charge in [-0.15, -0.1) is 0 Å². The maximum Gasteiger partial charge on any atom is 0.341 e. The second kappa shape index (κ2) is 46.3. The van der Waals surface area contributed by atoms with Crippen LogP contribution >= 0.6 is 0 Å². The Balaban J connectivity index is 1.38. The van der Waals surface area contributed by atoms with Gasteiger partial charge in [0, 0.05) is 64.7 Å². The van der Waals surface area contributed by atoms with Gasteiger partial charge in [0.1, 0.15) is 41.9 Å². The number of nitrogens with two attached hydrogens (primary N) is 5. The van der Waals surface area contributed by atoms with Gasteiger partial charge in [0.15, 0.2) is 41.4 Å². The molecule has 0 radical (unpaired) electrons. The maximum absolute atomic E-state index is 14.5. The molecule has 1 heterocycles. The number of rotatable bonds is 49. The van der Waals surface area contributed by atoms with Gasteiger partial charge in [0.25, 0.3) is 0 Å². The molecule has 7 amide bonds. The van der Waals surface area contributed by atoms with Crippen LogP contribution in [0.1, 0.15) is 222 Å². The lowest BCUT2D eigenvalue weighted by Crippen LogP contribution is -2.64. The third-order valence-corrected chi connectivity index (χ3v) is 19.8. The molecule has 1 aromatic rings. The minimum atomic E-state index is -2.70. The second-order valence-electron chi connectivity index (χ2n) is 28.8. The number of carbonyl (C=O) groups is 12. The van der Waals surface area contributed by atoms with Crippen LogP contribution < -0.4 is 65.9 Å². The van der Waals surface area contributed by atoms with Gasteiger partial charge in [0.2, 0.25) is 41.4 Å². The molecule has 109 heavy (non-hydrogen) atoms. The molecule has 1 aliphatic heterocycles. The summed E-state index contributed by atoms with van der Waals surface area (Å²) in [6.07, 6.45) is 7.01. The van der Waals surface area contributed by atoms with Crippen molar-refractivity contribution in [3.8, 4) is 0 Å². The first-order valence-corrected chi connectivity index (χ1v) is 38.3. The normalized spacial score (nSPS) is 22.0. The van der Waals surface area contributed by atoms with Gasteiger partial charge in [-0.05, 0) is 129 Å². The average molecular weight is 1540 g/mol. The van der Waals surface area contributed by atoms with E-state index in [1.165, 1.54) is 33.8 Å². The molecule has 13 atom stereocenters. The van der Waals surface area contributed by atoms with Gasteiger partial charge >= 0.3 is 29.8 Å². The SMILES string of the molecule is C/C=C(/C)C(=O)O[C@@H]1C(C)=C2[C@H]([C@@H]1OC(=O)CCCCCCC)[C@@](C)(OC(C)=O)C[C@H](OC(=O)CCCCCCCCCCCNC(=O)[C@H](CCCN=C(N)N)NC(=O)[C@H](CCCN=C(N)N)NC(=O)[C@H](Cc1ccccc1)NC(=O)[C@H](C)NC(=O)[C@H](CCCCN)NC(=O)CNC(C)=O)[C@@]1(O)[C@H]2OC(=O)[C@@]1(C)O. The van der Waals surface area contributed by atoms with Crippen LogP contribution in [0.2, 0.25) is 0 Å². The van der Waals surface area contributed by atoms with E-state index in [1.54, 1.807) is 44.2 Å². The molecule has 0 spiro atoms. The van der Waals surface area contributed by atoms with E-state index in [0.29, 0.717) is 50.6 Å². The van der Waals surface area contributed by atoms with E-state index in [-0.39, 0.29) is 106 Å². The number of ether oxygens (including phenoxy) is 5. The molecule has 2 aliphatic carbocycles. The Labute approximate surface area is 639 Å². The van der Waals surface area contributed by atoms with Crippen molar-refractivity contribution in [1.29, 1.82) is 0 Å². The molecule has 4 rings (SSSR count). The molecule has 1 aromatic carbocycles. The standard InChI is InChI=1S/C76H122N14O19/c1-10-12-13-19-25-38-59(95)106-63-61-60(47(4)62(63)107-70(101)46(3)11-2)64-76(104,75(9,103)71(102)108-64)56(44-74(61,8)109-50(7)92)105-58(94)37-26-20-17-15-14-16-18-21-29-40-82-66(97)52(35-30-41-83-72(78)79)88-68(99)54(36-31-42-84-73(80)81)89-69(100)55(43-51-32-23-22-24-33-51)90-65(96)48(5)86-67(98)53(34-27-28-39-77)87-57(93)45-85-49(6)91/h11,22-24,32-33,48,52-56,61-64,103-104H,10,12-21,25-31,34-45,77H2,1-9H3,(H,82,97)(H,85,91)(H,86,98)(H,87,93)(H,88,99)(H,89,100)(H,90,96)(H4,78,79,83)(H4,80,81,84)/b46-11-/t48-,52-,53-,54-,55-,56-,61+,62+,63-,64-,74-,75+,76+/m0/s1. The Morgan fingerprint density at radius 2 is 1.15 bits per heavy atom. The maximum atomic E-state index is 14.5. The van der Waals surface area contributed by atoms with Gasteiger partial charge in [-0.1, -0.05) is 114 Å². The lowest BCUT2D eigenvalue weighted by Gasteiger charge is -2.41. The van der Waals surface area contributed by atoms with Crippen LogP contribution in [0.25, 0.3) is 0 Å². The molecule has 1 saturated heterocycles. The largest absolute Gasteiger partial charge is 0.459 e. The number of aliphatic imine (C=N–C) groups is 2. The third-order valence-electron chi connectivity index (χ3n) is 19.8. The molecule has 0 unspecified atom stereocenters. The summed E-state index contributed by atoms with van der Waals surface area (Å²) >= 11 is 0. The summed E-state index contributed by atoms with van der Waals surface area (Å²) in [7, 11) is 0. The van der Waals surface area contributed by atoms with Crippen LogP contribution in [-0.2, 0) is 87.6 Å². The fourth-order valence-electron chi connectivity index (χ4n) is 13.7. The third kappa shape index (κ3) is 29.3. The molecule has 2 fully saturated rings. The molecule has 0 aromatic heterocycles. The lowest BCUT2D eigenvalue weighted by molar-refractivity contribution is -0.212. The van der Waals surface area contributed by atoms with Crippen molar-refractivity contribution in [1.82, 2.24) is 37.2 Å². The Morgan fingerprint density at radius 1 is 0.633 bits per heavy atom. The Bertz CT molecular complexity index is 3360. The molecular formula is C76H122N14O19.